The average Bonchev–Trinajstić information content (AvgIpc) is 2.91. The van der Waals surface area contributed by atoms with E-state index in [1.165, 1.54) is 0 Å². The normalized spacial score (nSPS) is 13.6. The van der Waals surface area contributed by atoms with Gasteiger partial charge in [-0.05, 0) is 60.2 Å². The molecule has 0 saturated heterocycles. The van der Waals surface area contributed by atoms with E-state index in [2.05, 4.69) is 11.4 Å². The second kappa shape index (κ2) is 10.2. The molecular weight excluding hydrogens is 450 g/mol. The Hall–Kier alpha value is -4.76. The number of amides is 1. The summed E-state index contributed by atoms with van der Waals surface area (Å²) in [6, 6.07) is 26.2. The lowest BCUT2D eigenvalue weighted by Crippen LogP contribution is -2.23. The topological polar surface area (TPSA) is 92.1 Å². The summed E-state index contributed by atoms with van der Waals surface area (Å²) in [5, 5.41) is 12.6. The summed E-state index contributed by atoms with van der Waals surface area (Å²) in [7, 11) is 0. The van der Waals surface area contributed by atoms with Gasteiger partial charge in [0.2, 0.25) is 0 Å². The summed E-state index contributed by atoms with van der Waals surface area (Å²) in [6.45, 7) is -0.462. The zero-order chi connectivity index (χ0) is 24.9. The Kier molecular flexibility index (Phi) is 6.55. The second-order valence-electron chi connectivity index (χ2n) is 8.55. The number of carbonyl (C=O) groups excluding carboxylic acids is 2. The molecule has 1 aliphatic carbocycles. The van der Waals surface area contributed by atoms with E-state index in [4.69, 9.17) is 9.72 Å². The molecule has 0 saturated carbocycles. The van der Waals surface area contributed by atoms with Gasteiger partial charge in [0.05, 0.1) is 28.0 Å². The second-order valence-corrected chi connectivity index (χ2v) is 8.55. The molecule has 0 bridgehead atoms. The molecule has 3 aromatic carbocycles. The third kappa shape index (κ3) is 4.73. The number of rotatable bonds is 5. The van der Waals surface area contributed by atoms with Crippen LogP contribution in [0.2, 0.25) is 0 Å². The molecule has 1 aliphatic rings. The number of nitrogens with zero attached hydrogens (tertiary/aromatic N) is 2. The van der Waals surface area contributed by atoms with Gasteiger partial charge in [0, 0.05) is 5.39 Å². The highest BCUT2D eigenvalue weighted by Crippen LogP contribution is 2.36. The van der Waals surface area contributed by atoms with Gasteiger partial charge in [-0.25, -0.2) is 9.78 Å². The van der Waals surface area contributed by atoms with Crippen LogP contribution < -0.4 is 5.32 Å². The van der Waals surface area contributed by atoms with Crippen LogP contribution in [-0.4, -0.2) is 23.5 Å². The van der Waals surface area contributed by atoms with Gasteiger partial charge in [-0.3, -0.25) is 4.79 Å². The molecule has 0 unspecified atom stereocenters. The van der Waals surface area contributed by atoms with E-state index in [-0.39, 0.29) is 0 Å². The van der Waals surface area contributed by atoms with Crippen LogP contribution in [0.4, 0.5) is 5.69 Å². The van der Waals surface area contributed by atoms with Crippen LogP contribution in [0.15, 0.2) is 78.9 Å². The zero-order valence-corrected chi connectivity index (χ0v) is 19.5. The summed E-state index contributed by atoms with van der Waals surface area (Å²) >= 11 is 0. The number of aromatic nitrogens is 1. The maximum absolute atomic E-state index is 13.4. The largest absolute Gasteiger partial charge is 0.452 e. The molecule has 0 aliphatic heterocycles. The molecule has 1 aromatic heterocycles. The van der Waals surface area contributed by atoms with Gasteiger partial charge in [0.1, 0.15) is 6.07 Å². The van der Waals surface area contributed by atoms with Crippen LogP contribution in [0.5, 0.6) is 0 Å². The third-order valence-electron chi connectivity index (χ3n) is 6.17. The van der Waals surface area contributed by atoms with Crippen molar-refractivity contribution in [3.05, 3.63) is 107 Å². The van der Waals surface area contributed by atoms with E-state index in [9.17, 15) is 14.9 Å². The smallest absolute Gasteiger partial charge is 0.339 e. The lowest BCUT2D eigenvalue weighted by Gasteiger charge is -2.22. The number of pyridine rings is 1. The number of benzene rings is 3. The van der Waals surface area contributed by atoms with Gasteiger partial charge >= 0.3 is 5.97 Å². The lowest BCUT2D eigenvalue weighted by molar-refractivity contribution is -0.119. The maximum atomic E-state index is 13.4. The number of ether oxygens (including phenoxy) is 1. The number of carbonyl (C=O) groups is 2. The van der Waals surface area contributed by atoms with Crippen molar-refractivity contribution in [2.24, 2.45) is 0 Å². The molecule has 6 nitrogen and oxygen atoms in total. The summed E-state index contributed by atoms with van der Waals surface area (Å²) in [5.74, 6) is -1.07. The van der Waals surface area contributed by atoms with Crippen LogP contribution in [0.1, 0.15) is 45.6 Å². The Morgan fingerprint density at radius 3 is 2.56 bits per heavy atom. The number of esters is 1. The molecule has 5 rings (SSSR count). The molecule has 176 valence electrons. The molecule has 1 N–H and O–H groups in total. The minimum absolute atomic E-state index is 0.337. The number of fused-ring (bicyclic) bond motifs is 2. The molecule has 4 aromatic rings. The van der Waals surface area contributed by atoms with Gasteiger partial charge in [-0.1, -0.05) is 60.7 Å². The molecule has 0 atom stereocenters. The van der Waals surface area contributed by atoms with Gasteiger partial charge in [-0.15, -0.1) is 0 Å². The van der Waals surface area contributed by atoms with Crippen LogP contribution in [0.25, 0.3) is 22.6 Å². The fourth-order valence-electron chi connectivity index (χ4n) is 4.54. The minimum atomic E-state index is -0.561. The molecule has 0 spiro atoms. The van der Waals surface area contributed by atoms with Gasteiger partial charge < -0.3 is 10.1 Å². The summed E-state index contributed by atoms with van der Waals surface area (Å²) < 4.78 is 5.48. The average molecular weight is 474 g/mol. The Morgan fingerprint density at radius 1 is 0.972 bits per heavy atom. The monoisotopic (exact) mass is 473 g/mol. The van der Waals surface area contributed by atoms with E-state index >= 15 is 0 Å². The van der Waals surface area contributed by atoms with Crippen LogP contribution in [0.3, 0.4) is 0 Å². The van der Waals surface area contributed by atoms with Crippen LogP contribution in [0, 0.1) is 11.3 Å². The number of hydrogen-bond acceptors (Lipinski definition) is 5. The van der Waals surface area contributed by atoms with E-state index in [1.807, 2.05) is 60.7 Å². The van der Waals surface area contributed by atoms with Crippen molar-refractivity contribution in [2.75, 3.05) is 11.9 Å². The van der Waals surface area contributed by atoms with Crippen LogP contribution >= 0.6 is 0 Å². The summed E-state index contributed by atoms with van der Waals surface area (Å²) in [4.78, 5) is 30.8. The minimum Gasteiger partial charge on any atom is -0.452 e. The Balaban J connectivity index is 1.46. The number of nitriles is 1. The van der Waals surface area contributed by atoms with Crippen molar-refractivity contribution < 1.29 is 14.3 Å². The van der Waals surface area contributed by atoms with Crippen molar-refractivity contribution in [3.63, 3.8) is 0 Å². The highest BCUT2D eigenvalue weighted by atomic mass is 16.5. The quantitative estimate of drug-likeness (QED) is 0.371. The first kappa shape index (κ1) is 23.0. The number of para-hydroxylation sites is 2. The summed E-state index contributed by atoms with van der Waals surface area (Å²) in [6.07, 6.45) is 4.57. The van der Waals surface area contributed by atoms with Crippen molar-refractivity contribution in [3.8, 4) is 6.07 Å². The summed E-state index contributed by atoms with van der Waals surface area (Å²) in [5.41, 5.74) is 5.69. The van der Waals surface area contributed by atoms with E-state index in [1.54, 1.807) is 24.3 Å². The first-order valence-corrected chi connectivity index (χ1v) is 11.8. The molecule has 0 fully saturated rings. The number of nitrogens with one attached hydrogen (secondary N) is 1. The molecule has 1 amide bonds. The van der Waals surface area contributed by atoms with E-state index in [0.717, 1.165) is 35.2 Å². The zero-order valence-electron chi connectivity index (χ0n) is 19.5. The number of allylic oxidation sites excluding steroid dienone is 1. The standard InChI is InChI=1S/C30H23N3O3/c31-18-22-11-4-6-15-25(22)32-27(34)19-36-30(35)28-23-13-5-7-16-26(23)33-29-21(12-8-14-24(28)29)17-20-9-2-1-3-10-20/h1-7,9-11,13,15-17H,8,12,14,19H2,(H,32,34). The van der Waals surface area contributed by atoms with Crippen molar-refractivity contribution in [1.29, 1.82) is 5.26 Å². The van der Waals surface area contributed by atoms with Crippen LogP contribution in [-0.2, 0) is 16.0 Å². The first-order chi connectivity index (χ1) is 17.6. The Labute approximate surface area is 208 Å². The first-order valence-electron chi connectivity index (χ1n) is 11.8. The number of anilines is 1. The van der Waals surface area contributed by atoms with Gasteiger partial charge in [0.25, 0.3) is 5.91 Å². The SMILES string of the molecule is N#Cc1ccccc1NC(=O)COC(=O)c1c2c(nc3ccccc13)C(=Cc1ccccc1)CCC2. The van der Waals surface area contributed by atoms with E-state index < -0.39 is 18.5 Å². The Morgan fingerprint density at radius 2 is 1.72 bits per heavy atom. The lowest BCUT2D eigenvalue weighted by atomic mass is 9.86. The predicted octanol–water partition coefficient (Wildman–Crippen LogP) is 5.78. The van der Waals surface area contributed by atoms with Crippen molar-refractivity contribution >= 4 is 40.1 Å². The molecule has 1 heterocycles. The fourth-order valence-corrected chi connectivity index (χ4v) is 4.54. The molecule has 36 heavy (non-hydrogen) atoms. The highest BCUT2D eigenvalue weighted by molar-refractivity contribution is 6.07. The van der Waals surface area contributed by atoms with Crippen molar-refractivity contribution in [2.45, 2.75) is 19.3 Å². The third-order valence-corrected chi connectivity index (χ3v) is 6.17. The molecule has 0 radical (unpaired) electrons. The predicted molar refractivity (Wildman–Crippen MR) is 139 cm³/mol. The van der Waals surface area contributed by atoms with Gasteiger partial charge in [0.15, 0.2) is 6.61 Å². The van der Waals surface area contributed by atoms with E-state index in [0.29, 0.717) is 34.1 Å². The van der Waals surface area contributed by atoms with Crippen molar-refractivity contribution in [1.82, 2.24) is 4.98 Å². The highest BCUT2D eigenvalue weighted by Gasteiger charge is 2.26. The number of hydrogen-bond donors (Lipinski definition) is 1. The fraction of sp³-hybridized carbons (Fsp3) is 0.133. The maximum Gasteiger partial charge on any atom is 0.339 e. The van der Waals surface area contributed by atoms with Gasteiger partial charge in [-0.2, -0.15) is 5.26 Å². The molecule has 6 heteroatoms. The Bertz CT molecular complexity index is 1530. The molecular formula is C30H23N3O3.